The quantitative estimate of drug-likeness (QED) is 0.150. The molecule has 0 amide bonds. The number of nitrogens with zero attached hydrogens (tertiary/aromatic N) is 2. The Morgan fingerprint density at radius 3 is 0.773 bits per heavy atom. The van der Waals surface area contributed by atoms with Crippen molar-refractivity contribution in [3.63, 3.8) is 0 Å². The van der Waals surface area contributed by atoms with Gasteiger partial charge in [0.1, 0.15) is 0 Å². The van der Waals surface area contributed by atoms with Crippen LogP contribution in [0.15, 0.2) is 103 Å². The Morgan fingerprint density at radius 2 is 0.560 bits per heavy atom. The smallest absolute Gasteiger partial charge is 0.416 e. The summed E-state index contributed by atoms with van der Waals surface area (Å²) in [5.41, 5.74) is -18.8. The van der Waals surface area contributed by atoms with Crippen molar-refractivity contribution in [2.45, 2.75) is 37.1 Å². The van der Waals surface area contributed by atoms with Gasteiger partial charge in [-0.1, -0.05) is 12.1 Å². The first-order valence-corrected chi connectivity index (χ1v) is 21.1. The van der Waals surface area contributed by atoms with Crippen LogP contribution in [0.5, 0.6) is 0 Å². The number of carbonyl (C=O) groups is 1. The zero-order valence-corrected chi connectivity index (χ0v) is 36.7. The van der Waals surface area contributed by atoms with Gasteiger partial charge in [0, 0.05) is 44.3 Å². The van der Waals surface area contributed by atoms with Crippen LogP contribution in [0, 0.1) is 0 Å². The molecule has 3 N–H and O–H groups in total. The van der Waals surface area contributed by atoms with Crippen LogP contribution in [0.4, 0.5) is 79.0 Å². The lowest BCUT2D eigenvalue weighted by atomic mass is 9.97. The van der Waals surface area contributed by atoms with Gasteiger partial charge in [-0.15, -0.1) is 0 Å². The number of carboxylic acid groups (broad SMARTS) is 1. The summed E-state index contributed by atoms with van der Waals surface area (Å²) in [6.45, 7) is 0. The zero-order chi connectivity index (χ0) is 54.5. The van der Waals surface area contributed by atoms with Gasteiger partial charge in [-0.3, -0.25) is 0 Å². The first-order chi connectivity index (χ1) is 34.7. The standard InChI is InChI=1S/C51H24F18N4O2/c52-46(53,54)27-13-24(14-28(19-27)47(55,56)57)42-35-7-5-33(70-35)41(22-1-3-23(4-2-22)45(74)75)34-6-8-36(71-34)43(25-15-29(48(58,59)60)20-30(16-25)49(61,62)63)38-10-12-40(73-38)44(39-11-9-37(42)72-39)26-17-31(50(64,65)66)21-32(18-26)51(67,68)69/h1-21,70,73H,(H,74,75). The predicted octanol–water partition coefficient (Wildman–Crippen LogP) is 17.1. The normalized spacial score (nSPS) is 13.5. The molecule has 8 bridgehead atoms. The highest BCUT2D eigenvalue weighted by Crippen LogP contribution is 2.46. The van der Waals surface area contributed by atoms with Crippen molar-refractivity contribution in [2.75, 3.05) is 0 Å². The van der Waals surface area contributed by atoms with E-state index in [2.05, 4.69) is 19.9 Å². The minimum Gasteiger partial charge on any atom is -0.478 e. The Morgan fingerprint density at radius 1 is 0.333 bits per heavy atom. The van der Waals surface area contributed by atoms with Gasteiger partial charge in [0.15, 0.2) is 0 Å². The summed E-state index contributed by atoms with van der Waals surface area (Å²) in [5, 5.41) is 9.63. The number of aromatic carboxylic acids is 1. The second kappa shape index (κ2) is 17.7. The highest BCUT2D eigenvalue weighted by atomic mass is 19.4. The van der Waals surface area contributed by atoms with Gasteiger partial charge in [-0.05, 0) is 138 Å². The molecule has 7 aromatic rings. The van der Waals surface area contributed by atoms with Crippen LogP contribution in [0.2, 0.25) is 0 Å². The molecule has 0 spiro atoms. The number of benzene rings is 4. The Kier molecular flexibility index (Phi) is 12.2. The van der Waals surface area contributed by atoms with E-state index < -0.39 is 138 Å². The molecule has 0 saturated carbocycles. The number of hydrogen-bond donors (Lipinski definition) is 3. The minimum atomic E-state index is -5.48. The number of rotatable bonds is 5. The summed E-state index contributed by atoms with van der Waals surface area (Å²) < 4.78 is 260. The van der Waals surface area contributed by atoms with Crippen molar-refractivity contribution < 1.29 is 88.9 Å². The van der Waals surface area contributed by atoms with Crippen LogP contribution >= 0.6 is 0 Å². The topological polar surface area (TPSA) is 94.7 Å². The Labute approximate surface area is 407 Å². The maximum atomic E-state index is 14.4. The summed E-state index contributed by atoms with van der Waals surface area (Å²) in [4.78, 5) is 26.3. The SMILES string of the molecule is O=C(O)c1ccc(-c2c3nc(c(-c4cc(C(F)(F)F)cc(C(F)(F)F)c4)c4ccc([nH]4)c(-c4cc(C(F)(F)F)cc(C(F)(F)F)c4)c4nc(c(-c5cc(C(F)(F)F)cc(C(F)(F)F)c5)c5ccc2[nH]5)C=C4)C=C3)cc1. The molecule has 3 aromatic heterocycles. The van der Waals surface area contributed by atoms with E-state index in [4.69, 9.17) is 0 Å². The number of halogens is 18. The molecular weight excluding hydrogens is 1040 g/mol. The number of hydrogen-bond acceptors (Lipinski definition) is 3. The van der Waals surface area contributed by atoms with Gasteiger partial charge in [-0.2, -0.15) is 79.0 Å². The van der Waals surface area contributed by atoms with E-state index in [0.717, 1.165) is 48.6 Å². The zero-order valence-electron chi connectivity index (χ0n) is 36.7. The molecule has 2 aliphatic heterocycles. The van der Waals surface area contributed by atoms with Crippen molar-refractivity contribution in [3.05, 3.63) is 165 Å². The number of aromatic amines is 2. The van der Waals surface area contributed by atoms with Crippen LogP contribution in [0.1, 0.15) is 66.5 Å². The summed E-state index contributed by atoms with van der Waals surface area (Å²) in [6.07, 6.45) is -28.4. The molecule has 386 valence electrons. The second-order valence-electron chi connectivity index (χ2n) is 16.8. The van der Waals surface area contributed by atoms with Crippen molar-refractivity contribution in [3.8, 4) is 44.5 Å². The van der Waals surface area contributed by atoms with Crippen LogP contribution < -0.4 is 0 Å². The molecule has 4 aromatic carbocycles. The Hall–Kier alpha value is -8.31. The molecule has 0 radical (unpaired) electrons. The van der Waals surface area contributed by atoms with Gasteiger partial charge in [-0.25, -0.2) is 14.8 Å². The van der Waals surface area contributed by atoms with Gasteiger partial charge < -0.3 is 15.1 Å². The Balaban J connectivity index is 1.53. The number of nitrogens with one attached hydrogen (secondary N) is 2. The lowest BCUT2D eigenvalue weighted by Gasteiger charge is -2.15. The van der Waals surface area contributed by atoms with Gasteiger partial charge >= 0.3 is 43.0 Å². The van der Waals surface area contributed by atoms with Crippen molar-refractivity contribution >= 4 is 52.3 Å². The molecule has 75 heavy (non-hydrogen) atoms. The predicted molar refractivity (Wildman–Crippen MR) is 238 cm³/mol. The molecule has 0 unspecified atom stereocenters. The Bertz CT molecular complexity index is 3550. The van der Waals surface area contributed by atoms with Crippen LogP contribution in [0.25, 0.3) is 90.9 Å². The molecule has 9 rings (SSSR count). The monoisotopic (exact) mass is 1070 g/mol. The average molecular weight is 1070 g/mol. The molecular formula is C51H24F18N4O2. The van der Waals surface area contributed by atoms with E-state index in [0.29, 0.717) is 24.3 Å². The molecule has 0 saturated heterocycles. The molecule has 6 nitrogen and oxygen atoms in total. The van der Waals surface area contributed by atoms with Crippen LogP contribution in [-0.4, -0.2) is 31.0 Å². The van der Waals surface area contributed by atoms with E-state index in [1.807, 2.05) is 0 Å². The first-order valence-electron chi connectivity index (χ1n) is 21.1. The maximum absolute atomic E-state index is 14.4. The third kappa shape index (κ3) is 10.2. The fourth-order valence-electron chi connectivity index (χ4n) is 8.50. The number of fused-ring (bicyclic) bond motifs is 8. The fourth-order valence-corrected chi connectivity index (χ4v) is 8.50. The van der Waals surface area contributed by atoms with Gasteiger partial charge in [0.25, 0.3) is 0 Å². The fraction of sp³-hybridized carbons (Fsp3) is 0.118. The van der Waals surface area contributed by atoms with E-state index in [-0.39, 0.29) is 63.7 Å². The summed E-state index contributed by atoms with van der Waals surface area (Å²) in [7, 11) is 0. The molecule has 5 heterocycles. The highest BCUT2D eigenvalue weighted by molar-refractivity contribution is 6.00. The lowest BCUT2D eigenvalue weighted by molar-refractivity contribution is -0.144. The van der Waals surface area contributed by atoms with Crippen molar-refractivity contribution in [2.24, 2.45) is 0 Å². The molecule has 0 aliphatic carbocycles. The van der Waals surface area contributed by atoms with E-state index >= 15 is 0 Å². The van der Waals surface area contributed by atoms with Crippen molar-refractivity contribution in [1.29, 1.82) is 0 Å². The molecule has 0 fully saturated rings. The summed E-state index contributed by atoms with van der Waals surface area (Å²) >= 11 is 0. The summed E-state index contributed by atoms with van der Waals surface area (Å²) in [5.74, 6) is -1.39. The van der Waals surface area contributed by atoms with Crippen LogP contribution in [-0.2, 0) is 37.1 Å². The third-order valence-electron chi connectivity index (χ3n) is 11.8. The molecule has 24 heteroatoms. The van der Waals surface area contributed by atoms with E-state index in [9.17, 15) is 88.9 Å². The van der Waals surface area contributed by atoms with Crippen LogP contribution in [0.3, 0.4) is 0 Å². The van der Waals surface area contributed by atoms with Gasteiger partial charge in [0.2, 0.25) is 0 Å². The number of alkyl halides is 18. The number of carboxylic acids is 1. The highest BCUT2D eigenvalue weighted by Gasteiger charge is 2.40. The van der Waals surface area contributed by atoms with Crippen molar-refractivity contribution in [1.82, 2.24) is 19.9 Å². The summed E-state index contributed by atoms with van der Waals surface area (Å²) in [6, 6.07) is 10.3. The first kappa shape index (κ1) is 51.6. The minimum absolute atomic E-state index is 0.0424. The lowest BCUT2D eigenvalue weighted by Crippen LogP contribution is -2.11. The molecule has 2 aliphatic rings. The molecule has 0 atom stereocenters. The third-order valence-corrected chi connectivity index (χ3v) is 11.8. The largest absolute Gasteiger partial charge is 0.478 e. The second-order valence-corrected chi connectivity index (χ2v) is 16.8. The van der Waals surface area contributed by atoms with Gasteiger partial charge in [0.05, 0.1) is 61.7 Å². The maximum Gasteiger partial charge on any atom is 0.416 e. The number of H-pyrrole nitrogens is 2. The van der Waals surface area contributed by atoms with E-state index in [1.165, 1.54) is 24.3 Å². The average Bonchev–Trinajstić information content (AvgIpc) is 4.16. The van der Waals surface area contributed by atoms with E-state index in [1.54, 1.807) is 0 Å². The number of aromatic nitrogens is 4.